The molecule has 1 aromatic carbocycles. The van der Waals surface area contributed by atoms with E-state index in [4.69, 9.17) is 10.5 Å². The lowest BCUT2D eigenvalue weighted by molar-refractivity contribution is 0.0772. The summed E-state index contributed by atoms with van der Waals surface area (Å²) >= 11 is 0. The van der Waals surface area contributed by atoms with E-state index in [1.165, 1.54) is 0 Å². The van der Waals surface area contributed by atoms with Gasteiger partial charge in [-0.25, -0.2) is 0 Å². The van der Waals surface area contributed by atoms with Crippen LogP contribution in [0.4, 0.5) is 5.69 Å². The first-order valence-corrected chi connectivity index (χ1v) is 5.26. The second-order valence-corrected chi connectivity index (χ2v) is 4.26. The van der Waals surface area contributed by atoms with Gasteiger partial charge >= 0.3 is 0 Å². The zero-order valence-corrected chi connectivity index (χ0v) is 10.1. The lowest BCUT2D eigenvalue weighted by Crippen LogP contribution is -2.44. The van der Waals surface area contributed by atoms with Crippen molar-refractivity contribution in [2.75, 3.05) is 32.1 Å². The van der Waals surface area contributed by atoms with Crippen LogP contribution in [0.2, 0.25) is 0 Å². The van der Waals surface area contributed by atoms with E-state index in [-0.39, 0.29) is 6.54 Å². The molecule has 0 radical (unpaired) electrons. The number of anilines is 1. The quantitative estimate of drug-likeness (QED) is 0.778. The van der Waals surface area contributed by atoms with Gasteiger partial charge in [0.2, 0.25) is 0 Å². The van der Waals surface area contributed by atoms with E-state index < -0.39 is 5.60 Å². The number of likely N-dealkylation sites (N-methyl/N-ethyl adjacent to an activating group) is 1. The highest BCUT2D eigenvalue weighted by Gasteiger charge is 2.20. The Hall–Kier alpha value is -1.26. The van der Waals surface area contributed by atoms with Crippen LogP contribution in [0, 0.1) is 0 Å². The molecule has 3 N–H and O–H groups in total. The van der Waals surface area contributed by atoms with Gasteiger partial charge < -0.3 is 20.5 Å². The molecule has 0 saturated heterocycles. The van der Waals surface area contributed by atoms with E-state index in [1.807, 2.05) is 36.2 Å². The van der Waals surface area contributed by atoms with E-state index in [1.54, 1.807) is 14.0 Å². The average Bonchev–Trinajstić information content (AvgIpc) is 2.28. The second-order valence-electron chi connectivity index (χ2n) is 4.26. The number of methoxy groups -OCH3 is 1. The van der Waals surface area contributed by atoms with Crippen LogP contribution in [-0.2, 0) is 0 Å². The number of nitrogens with two attached hydrogens (primary N) is 1. The number of rotatable bonds is 5. The third kappa shape index (κ3) is 3.40. The number of nitrogens with zero attached hydrogens (tertiary/aromatic N) is 1. The van der Waals surface area contributed by atoms with Crippen LogP contribution in [0.15, 0.2) is 24.3 Å². The van der Waals surface area contributed by atoms with E-state index >= 15 is 0 Å². The highest BCUT2D eigenvalue weighted by molar-refractivity contribution is 5.50. The molecular formula is C12H20N2O2. The fourth-order valence-electron chi connectivity index (χ4n) is 1.51. The topological polar surface area (TPSA) is 58.7 Å². The van der Waals surface area contributed by atoms with Crippen LogP contribution in [0.1, 0.15) is 6.92 Å². The summed E-state index contributed by atoms with van der Waals surface area (Å²) in [5, 5.41) is 9.88. The summed E-state index contributed by atoms with van der Waals surface area (Å²) < 4.78 is 5.15. The van der Waals surface area contributed by atoms with Gasteiger partial charge in [-0.3, -0.25) is 0 Å². The molecule has 1 unspecified atom stereocenters. The molecule has 16 heavy (non-hydrogen) atoms. The Kier molecular flexibility index (Phi) is 4.15. The van der Waals surface area contributed by atoms with E-state index in [0.29, 0.717) is 6.54 Å². The molecule has 1 aromatic rings. The molecular weight excluding hydrogens is 204 g/mol. The van der Waals surface area contributed by atoms with E-state index in [2.05, 4.69) is 0 Å². The highest BCUT2D eigenvalue weighted by Crippen LogP contribution is 2.21. The smallest absolute Gasteiger partial charge is 0.120 e. The fourth-order valence-corrected chi connectivity index (χ4v) is 1.51. The molecule has 0 heterocycles. The predicted molar refractivity (Wildman–Crippen MR) is 65.9 cm³/mol. The van der Waals surface area contributed by atoms with Gasteiger partial charge in [0.25, 0.3) is 0 Å². The molecule has 4 heteroatoms. The number of ether oxygens (including phenoxy) is 1. The van der Waals surface area contributed by atoms with Crippen molar-refractivity contribution in [2.24, 2.45) is 5.73 Å². The van der Waals surface area contributed by atoms with Crippen molar-refractivity contribution in [3.8, 4) is 5.75 Å². The maximum Gasteiger partial charge on any atom is 0.120 e. The van der Waals surface area contributed by atoms with Crippen molar-refractivity contribution < 1.29 is 9.84 Å². The van der Waals surface area contributed by atoms with Crippen LogP contribution in [0.25, 0.3) is 0 Å². The van der Waals surface area contributed by atoms with Gasteiger partial charge in [0, 0.05) is 31.9 Å². The van der Waals surface area contributed by atoms with Crippen LogP contribution >= 0.6 is 0 Å². The first-order valence-electron chi connectivity index (χ1n) is 5.26. The van der Waals surface area contributed by atoms with E-state index in [0.717, 1.165) is 11.4 Å². The molecule has 0 spiro atoms. The van der Waals surface area contributed by atoms with Crippen molar-refractivity contribution in [2.45, 2.75) is 12.5 Å². The zero-order valence-electron chi connectivity index (χ0n) is 10.1. The standard InChI is InChI=1S/C12H20N2O2/c1-12(15,8-13)9-14(2)10-5-4-6-11(7-10)16-3/h4-7,15H,8-9,13H2,1-3H3. The summed E-state index contributed by atoms with van der Waals surface area (Å²) in [6, 6.07) is 7.70. The average molecular weight is 224 g/mol. The molecule has 0 saturated carbocycles. The van der Waals surface area contributed by atoms with Gasteiger partial charge in [-0.05, 0) is 19.1 Å². The molecule has 0 aliphatic heterocycles. The molecule has 0 amide bonds. The summed E-state index contributed by atoms with van der Waals surface area (Å²) in [5.74, 6) is 0.803. The minimum atomic E-state index is -0.877. The predicted octanol–water partition coefficient (Wildman–Crippen LogP) is 0.841. The van der Waals surface area contributed by atoms with Crippen molar-refractivity contribution in [3.63, 3.8) is 0 Å². The normalized spacial score (nSPS) is 14.3. The Labute approximate surface area is 96.6 Å². The van der Waals surface area contributed by atoms with Crippen molar-refractivity contribution >= 4 is 5.69 Å². The maximum absolute atomic E-state index is 9.88. The van der Waals surface area contributed by atoms with Crippen LogP contribution in [0.3, 0.4) is 0 Å². The van der Waals surface area contributed by atoms with Crippen molar-refractivity contribution in [3.05, 3.63) is 24.3 Å². The van der Waals surface area contributed by atoms with Crippen molar-refractivity contribution in [1.82, 2.24) is 0 Å². The monoisotopic (exact) mass is 224 g/mol. The Bertz CT molecular complexity index is 340. The summed E-state index contributed by atoms with van der Waals surface area (Å²) in [6.45, 7) is 2.45. The van der Waals surface area contributed by atoms with Crippen LogP contribution in [0.5, 0.6) is 5.75 Å². The SMILES string of the molecule is COc1cccc(N(C)CC(C)(O)CN)c1. The van der Waals surface area contributed by atoms with Gasteiger partial charge in [0.05, 0.1) is 12.7 Å². The van der Waals surface area contributed by atoms with Gasteiger partial charge in [0.15, 0.2) is 0 Å². The molecule has 90 valence electrons. The van der Waals surface area contributed by atoms with Gasteiger partial charge in [-0.15, -0.1) is 0 Å². The highest BCUT2D eigenvalue weighted by atomic mass is 16.5. The molecule has 1 rings (SSSR count). The minimum Gasteiger partial charge on any atom is -0.497 e. The molecule has 1 atom stereocenters. The number of hydrogen-bond donors (Lipinski definition) is 2. The Morgan fingerprint density at radius 2 is 2.19 bits per heavy atom. The zero-order chi connectivity index (χ0) is 12.2. The summed E-state index contributed by atoms with van der Waals surface area (Å²) in [7, 11) is 3.55. The Morgan fingerprint density at radius 3 is 2.75 bits per heavy atom. The minimum absolute atomic E-state index is 0.237. The number of hydrogen-bond acceptors (Lipinski definition) is 4. The number of benzene rings is 1. The lowest BCUT2D eigenvalue weighted by Gasteiger charge is -2.29. The molecule has 4 nitrogen and oxygen atoms in total. The van der Waals surface area contributed by atoms with Crippen LogP contribution < -0.4 is 15.4 Å². The van der Waals surface area contributed by atoms with Crippen LogP contribution in [-0.4, -0.2) is 38.0 Å². The maximum atomic E-state index is 9.88. The summed E-state index contributed by atoms with van der Waals surface area (Å²) in [4.78, 5) is 1.95. The molecule has 0 aliphatic rings. The third-order valence-corrected chi connectivity index (χ3v) is 2.51. The fraction of sp³-hybridized carbons (Fsp3) is 0.500. The van der Waals surface area contributed by atoms with Gasteiger partial charge in [-0.2, -0.15) is 0 Å². The van der Waals surface area contributed by atoms with Crippen molar-refractivity contribution in [1.29, 1.82) is 0 Å². The molecule has 0 bridgehead atoms. The van der Waals surface area contributed by atoms with E-state index in [9.17, 15) is 5.11 Å². The Morgan fingerprint density at radius 1 is 1.50 bits per heavy atom. The first kappa shape index (κ1) is 12.8. The summed E-state index contributed by atoms with van der Waals surface area (Å²) in [6.07, 6.45) is 0. The lowest BCUT2D eigenvalue weighted by atomic mass is 10.1. The largest absolute Gasteiger partial charge is 0.497 e. The summed E-state index contributed by atoms with van der Waals surface area (Å²) in [5.41, 5.74) is 5.60. The third-order valence-electron chi connectivity index (χ3n) is 2.51. The second kappa shape index (κ2) is 5.18. The molecule has 0 aromatic heterocycles. The Balaban J connectivity index is 2.76. The molecule has 0 fully saturated rings. The van der Waals surface area contributed by atoms with Gasteiger partial charge in [0.1, 0.15) is 5.75 Å². The van der Waals surface area contributed by atoms with Gasteiger partial charge in [-0.1, -0.05) is 6.07 Å². The first-order chi connectivity index (χ1) is 7.48. The molecule has 0 aliphatic carbocycles. The number of aliphatic hydroxyl groups is 1.